The van der Waals surface area contributed by atoms with Crippen LogP contribution < -0.4 is 0 Å². The Morgan fingerprint density at radius 2 is 1.40 bits per heavy atom. The van der Waals surface area contributed by atoms with Gasteiger partial charge in [-0.25, -0.2) is 0 Å². The van der Waals surface area contributed by atoms with Gasteiger partial charge in [-0.15, -0.1) is 0 Å². The van der Waals surface area contributed by atoms with Gasteiger partial charge in [-0.3, -0.25) is 4.55 Å². The van der Waals surface area contributed by atoms with E-state index in [1.807, 2.05) is 0 Å². The maximum Gasteiger partial charge on any atom is 0.522 e. The molecule has 0 heterocycles. The van der Waals surface area contributed by atoms with Crippen LogP contribution in [0.1, 0.15) is 0 Å². The van der Waals surface area contributed by atoms with Crippen LogP contribution in [0.4, 0.5) is 13.2 Å². The summed E-state index contributed by atoms with van der Waals surface area (Å²) in [5.41, 5.74) is -5.53. The molecule has 0 radical (unpaired) electrons. The first-order chi connectivity index (χ1) is 4.25. The second kappa shape index (κ2) is 3.38. The minimum Gasteiger partial charge on any atom is -0.512 e. The molecule has 0 unspecified atom stereocenters. The third-order valence-corrected chi connectivity index (χ3v) is 0.877. The van der Waals surface area contributed by atoms with Crippen LogP contribution in [-0.2, 0) is 10.1 Å². The van der Waals surface area contributed by atoms with Crippen LogP contribution in [-0.4, -0.2) is 18.5 Å². The van der Waals surface area contributed by atoms with Crippen molar-refractivity contribution in [3.63, 3.8) is 0 Å². The van der Waals surface area contributed by atoms with E-state index in [0.29, 0.717) is 0 Å². The molecule has 60 valence electrons. The summed E-state index contributed by atoms with van der Waals surface area (Å²) in [6, 6.07) is 0. The highest BCUT2D eigenvalue weighted by Gasteiger charge is 2.44. The van der Waals surface area contributed by atoms with Crippen molar-refractivity contribution in [2.24, 2.45) is 0 Å². The summed E-state index contributed by atoms with van der Waals surface area (Å²) in [6.45, 7) is 4.75. The van der Waals surface area contributed by atoms with Gasteiger partial charge in [-0.1, -0.05) is 0 Å². The second-order valence-electron chi connectivity index (χ2n) is 0.921. The number of rotatable bonds is 0. The van der Waals surface area contributed by atoms with Gasteiger partial charge in [0.05, 0.1) is 0 Å². The zero-order valence-corrected chi connectivity index (χ0v) is 5.07. The van der Waals surface area contributed by atoms with Crippen molar-refractivity contribution >= 4 is 10.1 Å². The maximum absolute atomic E-state index is 10.7. The summed E-state index contributed by atoms with van der Waals surface area (Å²) in [5.74, 6) is 0. The Bertz CT molecular complexity index is 202. The Morgan fingerprint density at radius 1 is 1.30 bits per heavy atom. The summed E-state index contributed by atoms with van der Waals surface area (Å²) in [4.78, 5) is 0. The highest BCUT2D eigenvalue weighted by atomic mass is 32.2. The monoisotopic (exact) mass is 176 g/mol. The van der Waals surface area contributed by atoms with E-state index in [1.165, 1.54) is 0 Å². The highest BCUT2D eigenvalue weighted by molar-refractivity contribution is 7.86. The van der Waals surface area contributed by atoms with Crippen LogP contribution in [0.2, 0.25) is 0 Å². The lowest BCUT2D eigenvalue weighted by Crippen LogP contribution is -2.21. The summed E-state index contributed by atoms with van der Waals surface area (Å²) in [6.07, 6.45) is 0. The topological polar surface area (TPSA) is 78.2 Å². The molecule has 4 nitrogen and oxygen atoms in total. The van der Waals surface area contributed by atoms with Gasteiger partial charge in [0.2, 0.25) is 0 Å². The Morgan fingerprint density at radius 3 is 1.40 bits per heavy atom. The van der Waals surface area contributed by atoms with Crippen LogP contribution in [0.5, 0.6) is 0 Å². The first-order valence-corrected chi connectivity index (χ1v) is 2.95. The highest BCUT2D eigenvalue weighted by Crippen LogP contribution is 2.20. The fraction of sp³-hybridized carbons (Fsp3) is 0.500. The van der Waals surface area contributed by atoms with Gasteiger partial charge < -0.3 is 11.8 Å². The molecule has 8 heteroatoms. The number of halogens is 3. The number of hydrogen-bond donors (Lipinski definition) is 1. The van der Waals surface area contributed by atoms with Gasteiger partial charge in [0.25, 0.3) is 0 Å². The lowest BCUT2D eigenvalue weighted by atomic mass is 11.6. The fourth-order valence-electron chi connectivity index (χ4n) is 0. The average molecular weight is 176 g/mol. The van der Waals surface area contributed by atoms with Crippen LogP contribution in [0.15, 0.2) is 0 Å². The van der Waals surface area contributed by atoms with E-state index in [4.69, 9.17) is 24.8 Å². The lowest BCUT2D eigenvalue weighted by Gasteiger charge is -1.97. The lowest BCUT2D eigenvalue weighted by molar-refractivity contribution is -0.0510. The van der Waals surface area contributed by atoms with Gasteiger partial charge >= 0.3 is 15.6 Å². The Kier molecular flexibility index (Phi) is 4.03. The minimum absolute atomic E-state index is 4.75. The zero-order valence-electron chi connectivity index (χ0n) is 4.25. The Labute approximate surface area is 54.6 Å². The Hall–Kier alpha value is -0.810. The third-order valence-electron chi connectivity index (χ3n) is 0.292. The predicted molar refractivity (Wildman–Crippen MR) is 22.6 cm³/mol. The molecule has 0 aromatic heterocycles. The van der Waals surface area contributed by atoms with E-state index in [-0.39, 0.29) is 0 Å². The van der Waals surface area contributed by atoms with E-state index in [2.05, 4.69) is 0 Å². The quantitative estimate of drug-likeness (QED) is 0.331. The van der Waals surface area contributed by atoms with Gasteiger partial charge in [-0.2, -0.15) is 21.6 Å². The molecular formula is C2HF3NO3S-. The predicted octanol–water partition coefficient (Wildman–Crippen LogP) is 0.490. The van der Waals surface area contributed by atoms with Gasteiger partial charge in [0.1, 0.15) is 0 Å². The molecule has 0 rings (SSSR count). The summed E-state index contributed by atoms with van der Waals surface area (Å²) < 4.78 is 57.5. The second-order valence-corrected chi connectivity index (χ2v) is 2.33. The van der Waals surface area contributed by atoms with Crippen molar-refractivity contribution in [1.29, 1.82) is 5.26 Å². The SMILES string of the molecule is O=S(=O)(O)C(F)(F)F.[C-]#N. The molecule has 1 N–H and O–H groups in total. The van der Waals surface area contributed by atoms with Crippen molar-refractivity contribution in [2.45, 2.75) is 5.51 Å². The molecule has 0 aromatic rings. The van der Waals surface area contributed by atoms with Crippen LogP contribution in [0.3, 0.4) is 0 Å². The smallest absolute Gasteiger partial charge is 0.512 e. The van der Waals surface area contributed by atoms with E-state index < -0.39 is 15.6 Å². The zero-order chi connectivity index (χ0) is 9.00. The van der Waals surface area contributed by atoms with Crippen molar-refractivity contribution in [3.05, 3.63) is 6.57 Å². The molecule has 0 saturated carbocycles. The number of nitrogens with zero attached hydrogens (tertiary/aromatic N) is 1. The third kappa shape index (κ3) is 4.11. The minimum atomic E-state index is -5.84. The van der Waals surface area contributed by atoms with Crippen molar-refractivity contribution in [2.75, 3.05) is 0 Å². The Balaban J connectivity index is 0. The largest absolute Gasteiger partial charge is 0.522 e. The van der Waals surface area contributed by atoms with Crippen LogP contribution in [0, 0.1) is 11.8 Å². The van der Waals surface area contributed by atoms with E-state index in [1.54, 1.807) is 0 Å². The molecule has 0 fully saturated rings. The summed E-state index contributed by atoms with van der Waals surface area (Å²) in [7, 11) is -5.84. The molecular weight excluding hydrogens is 175 g/mol. The molecule has 0 amide bonds. The van der Waals surface area contributed by atoms with Crippen LogP contribution >= 0.6 is 0 Å². The summed E-state index contributed by atoms with van der Waals surface area (Å²) in [5, 5.41) is 6.25. The average Bonchev–Trinajstić information content (AvgIpc) is 1.66. The molecule has 10 heavy (non-hydrogen) atoms. The van der Waals surface area contributed by atoms with Crippen molar-refractivity contribution in [3.8, 4) is 0 Å². The summed E-state index contributed by atoms with van der Waals surface area (Å²) >= 11 is 0. The van der Waals surface area contributed by atoms with Gasteiger partial charge in [0, 0.05) is 0 Å². The van der Waals surface area contributed by atoms with E-state index in [9.17, 15) is 13.2 Å². The molecule has 0 atom stereocenters. The standard InChI is InChI=1S/CHF3O3S.CN/c2-1(3,4)8(5,6)7;1-2/h(H,5,6,7);/q;-1. The maximum atomic E-state index is 10.7. The number of alkyl halides is 3. The molecule has 0 aliphatic carbocycles. The normalized spacial score (nSPS) is 11.4. The first kappa shape index (κ1) is 11.9. The fourth-order valence-corrected chi connectivity index (χ4v) is 0. The molecule has 0 bridgehead atoms. The molecule has 0 aromatic carbocycles. The van der Waals surface area contributed by atoms with Gasteiger partial charge in [0.15, 0.2) is 0 Å². The molecule has 0 aliphatic heterocycles. The molecule has 0 saturated heterocycles. The van der Waals surface area contributed by atoms with E-state index in [0.717, 1.165) is 0 Å². The van der Waals surface area contributed by atoms with Gasteiger partial charge in [-0.05, 0) is 0 Å². The van der Waals surface area contributed by atoms with E-state index >= 15 is 0 Å². The van der Waals surface area contributed by atoms with Crippen molar-refractivity contribution in [1.82, 2.24) is 0 Å². The van der Waals surface area contributed by atoms with Crippen LogP contribution in [0.25, 0.3) is 0 Å². The first-order valence-electron chi connectivity index (χ1n) is 1.51. The van der Waals surface area contributed by atoms with Crippen molar-refractivity contribution < 1.29 is 26.1 Å². The molecule has 0 aliphatic rings. The molecule has 0 spiro atoms. The number of hydrogen-bond acceptors (Lipinski definition) is 3.